The van der Waals surface area contributed by atoms with E-state index < -0.39 is 26.5 Å². The van der Waals surface area contributed by atoms with Gasteiger partial charge in [0.15, 0.2) is 6.10 Å². The third-order valence-corrected chi connectivity index (χ3v) is 14.4. The van der Waals surface area contributed by atoms with Crippen LogP contribution in [0.15, 0.2) is 24.3 Å². The SMILES string of the molecule is CCCCCCC/C=C\C/C=C\CCCCCCCCCCCCCCCCCC(=O)OC(COC(=O)CCCCCCCCCCCCCCCCCCCCC)COP(=O)([O-])OCC[N+](C)(C)C. The van der Waals surface area contributed by atoms with E-state index in [0.29, 0.717) is 17.4 Å². The van der Waals surface area contributed by atoms with Crippen LogP contribution < -0.4 is 4.89 Å². The molecular weight excluding hydrogens is 894 g/mol. The highest BCUT2D eigenvalue weighted by atomic mass is 31.2. The van der Waals surface area contributed by atoms with Crippen molar-refractivity contribution in [3.8, 4) is 0 Å². The summed E-state index contributed by atoms with van der Waals surface area (Å²) >= 11 is 0. The molecule has 0 N–H and O–H groups in total. The molecule has 0 saturated carbocycles. The van der Waals surface area contributed by atoms with Gasteiger partial charge in [-0.05, 0) is 44.9 Å². The first-order valence-electron chi connectivity index (χ1n) is 30.0. The summed E-state index contributed by atoms with van der Waals surface area (Å²) in [5, 5.41) is 0. The van der Waals surface area contributed by atoms with Crippen molar-refractivity contribution in [2.75, 3.05) is 47.5 Å². The molecule has 0 rings (SSSR count). The number of allylic oxidation sites excluding steroid dienone is 4. The van der Waals surface area contributed by atoms with E-state index in [0.717, 1.165) is 38.5 Å². The predicted molar refractivity (Wildman–Crippen MR) is 296 cm³/mol. The Labute approximate surface area is 434 Å². The van der Waals surface area contributed by atoms with Crippen LogP contribution in [-0.2, 0) is 32.7 Å². The highest BCUT2D eigenvalue weighted by molar-refractivity contribution is 7.45. The van der Waals surface area contributed by atoms with Crippen LogP contribution in [0.25, 0.3) is 0 Å². The number of carbonyl (C=O) groups is 2. The van der Waals surface area contributed by atoms with E-state index in [-0.39, 0.29) is 32.0 Å². The molecule has 414 valence electrons. The number of esters is 2. The van der Waals surface area contributed by atoms with Gasteiger partial charge in [0, 0.05) is 12.8 Å². The van der Waals surface area contributed by atoms with E-state index in [1.54, 1.807) is 0 Å². The molecule has 0 bridgehead atoms. The Hall–Kier alpha value is -1.51. The molecule has 0 spiro atoms. The Bertz CT molecular complexity index is 1240. The van der Waals surface area contributed by atoms with Gasteiger partial charge < -0.3 is 27.9 Å². The molecule has 9 nitrogen and oxygen atoms in total. The Balaban J connectivity index is 4.09. The zero-order valence-corrected chi connectivity index (χ0v) is 47.9. The number of ether oxygens (including phenoxy) is 2. The van der Waals surface area contributed by atoms with Crippen LogP contribution >= 0.6 is 7.82 Å². The van der Waals surface area contributed by atoms with Gasteiger partial charge in [0.05, 0.1) is 27.7 Å². The molecule has 2 unspecified atom stereocenters. The molecule has 0 aromatic carbocycles. The largest absolute Gasteiger partial charge is 0.756 e. The fraction of sp³-hybridized carbons (Fsp3) is 0.900. The smallest absolute Gasteiger partial charge is 0.306 e. The molecule has 70 heavy (non-hydrogen) atoms. The van der Waals surface area contributed by atoms with Crippen LogP contribution in [0.3, 0.4) is 0 Å². The van der Waals surface area contributed by atoms with Crippen molar-refractivity contribution in [1.82, 2.24) is 0 Å². The fourth-order valence-electron chi connectivity index (χ4n) is 8.81. The van der Waals surface area contributed by atoms with Crippen molar-refractivity contribution >= 4 is 19.8 Å². The van der Waals surface area contributed by atoms with Crippen LogP contribution in [0.4, 0.5) is 0 Å². The first kappa shape index (κ1) is 68.5. The predicted octanol–water partition coefficient (Wildman–Crippen LogP) is 18.0. The number of phosphoric acid groups is 1. The maximum Gasteiger partial charge on any atom is 0.306 e. The van der Waals surface area contributed by atoms with Gasteiger partial charge in [0.2, 0.25) is 0 Å². The monoisotopic (exact) mass is 1010 g/mol. The van der Waals surface area contributed by atoms with Crippen LogP contribution in [0.2, 0.25) is 0 Å². The van der Waals surface area contributed by atoms with E-state index in [4.69, 9.17) is 18.5 Å². The van der Waals surface area contributed by atoms with Gasteiger partial charge in [-0.1, -0.05) is 263 Å². The average molecular weight is 1010 g/mol. The molecular formula is C60H116NO8P. The third kappa shape index (κ3) is 55.8. The van der Waals surface area contributed by atoms with E-state index in [1.165, 1.54) is 225 Å². The minimum absolute atomic E-state index is 0.0276. The summed E-state index contributed by atoms with van der Waals surface area (Å²) in [5.74, 6) is -0.815. The molecule has 0 aromatic rings. The molecule has 0 aliphatic heterocycles. The van der Waals surface area contributed by atoms with Gasteiger partial charge in [-0.3, -0.25) is 14.2 Å². The topological polar surface area (TPSA) is 111 Å². The lowest BCUT2D eigenvalue weighted by molar-refractivity contribution is -0.870. The molecule has 0 aliphatic rings. The normalized spacial score (nSPS) is 13.4. The average Bonchev–Trinajstić information content (AvgIpc) is 3.32. The van der Waals surface area contributed by atoms with E-state index in [1.807, 2.05) is 21.1 Å². The zero-order chi connectivity index (χ0) is 51.3. The first-order chi connectivity index (χ1) is 34.0. The Kier molecular flexibility index (Phi) is 51.2. The van der Waals surface area contributed by atoms with Crippen LogP contribution in [0.5, 0.6) is 0 Å². The second-order valence-electron chi connectivity index (χ2n) is 21.7. The van der Waals surface area contributed by atoms with Gasteiger partial charge in [-0.15, -0.1) is 0 Å². The summed E-state index contributed by atoms with van der Waals surface area (Å²) in [6.07, 6.45) is 62.2. The minimum Gasteiger partial charge on any atom is -0.756 e. The lowest BCUT2D eigenvalue weighted by Crippen LogP contribution is -2.37. The zero-order valence-electron chi connectivity index (χ0n) is 47.0. The second kappa shape index (κ2) is 52.4. The first-order valence-corrected chi connectivity index (χ1v) is 31.5. The van der Waals surface area contributed by atoms with E-state index in [2.05, 4.69) is 38.2 Å². The third-order valence-electron chi connectivity index (χ3n) is 13.5. The summed E-state index contributed by atoms with van der Waals surface area (Å²) in [6, 6.07) is 0. The Morgan fingerprint density at radius 2 is 0.771 bits per heavy atom. The minimum atomic E-state index is -4.63. The maximum absolute atomic E-state index is 12.8. The molecule has 0 amide bonds. The highest BCUT2D eigenvalue weighted by Gasteiger charge is 2.22. The number of rotatable bonds is 56. The number of hydrogen-bond acceptors (Lipinski definition) is 8. The van der Waals surface area contributed by atoms with Crippen molar-refractivity contribution < 1.29 is 42.1 Å². The fourth-order valence-corrected chi connectivity index (χ4v) is 9.54. The van der Waals surface area contributed by atoms with Gasteiger partial charge in [0.1, 0.15) is 19.8 Å². The number of unbranched alkanes of at least 4 members (excludes halogenated alkanes) is 38. The summed E-state index contributed by atoms with van der Waals surface area (Å²) in [4.78, 5) is 37.9. The van der Waals surface area contributed by atoms with Gasteiger partial charge in [-0.2, -0.15) is 0 Å². The van der Waals surface area contributed by atoms with Crippen molar-refractivity contribution in [1.29, 1.82) is 0 Å². The summed E-state index contributed by atoms with van der Waals surface area (Å²) in [6.45, 7) is 4.29. The van der Waals surface area contributed by atoms with Crippen molar-refractivity contribution in [3.05, 3.63) is 24.3 Å². The van der Waals surface area contributed by atoms with Crippen LogP contribution in [0, 0.1) is 0 Å². The van der Waals surface area contributed by atoms with Gasteiger partial charge in [0.25, 0.3) is 7.82 Å². The number of quaternary nitrogens is 1. The van der Waals surface area contributed by atoms with Crippen LogP contribution in [0.1, 0.15) is 296 Å². The molecule has 0 aromatic heterocycles. The summed E-state index contributed by atoms with van der Waals surface area (Å²) in [7, 11) is 1.18. The second-order valence-corrected chi connectivity index (χ2v) is 23.1. The molecule has 0 aliphatic carbocycles. The summed E-state index contributed by atoms with van der Waals surface area (Å²) < 4.78 is 34.2. The Morgan fingerprint density at radius 1 is 0.443 bits per heavy atom. The number of phosphoric ester groups is 1. The highest BCUT2D eigenvalue weighted by Crippen LogP contribution is 2.38. The van der Waals surface area contributed by atoms with E-state index in [9.17, 15) is 19.0 Å². The van der Waals surface area contributed by atoms with Crippen molar-refractivity contribution in [2.24, 2.45) is 0 Å². The maximum atomic E-state index is 12.8. The molecule has 0 radical (unpaired) electrons. The number of hydrogen-bond donors (Lipinski definition) is 0. The lowest BCUT2D eigenvalue weighted by atomic mass is 10.0. The van der Waals surface area contributed by atoms with Gasteiger partial charge in [-0.25, -0.2) is 0 Å². The molecule has 0 fully saturated rings. The summed E-state index contributed by atoms with van der Waals surface area (Å²) in [5.41, 5.74) is 0. The lowest BCUT2D eigenvalue weighted by Gasteiger charge is -2.28. The Morgan fingerprint density at radius 3 is 1.13 bits per heavy atom. The number of nitrogens with zero attached hydrogens (tertiary/aromatic N) is 1. The van der Waals surface area contributed by atoms with Crippen molar-refractivity contribution in [2.45, 2.75) is 302 Å². The molecule has 0 saturated heterocycles. The molecule has 0 heterocycles. The van der Waals surface area contributed by atoms with Gasteiger partial charge >= 0.3 is 11.9 Å². The molecule has 2 atom stereocenters. The quantitative estimate of drug-likeness (QED) is 0.0195. The number of likely N-dealkylation sites (N-methyl/N-ethyl adjacent to an activating group) is 1. The van der Waals surface area contributed by atoms with Crippen molar-refractivity contribution in [3.63, 3.8) is 0 Å². The number of carbonyl (C=O) groups excluding carboxylic acids is 2. The molecule has 10 heteroatoms. The van der Waals surface area contributed by atoms with E-state index >= 15 is 0 Å². The van der Waals surface area contributed by atoms with Crippen LogP contribution in [-0.4, -0.2) is 70.0 Å². The standard InChI is InChI=1S/C60H116NO8P/c1-6-8-10-12-14-16-18-20-22-24-26-27-28-29-30-31-32-33-35-37-39-41-43-45-47-49-51-53-60(63)69-58(57-68-70(64,65)67-55-54-61(3,4)5)56-66-59(62)52-50-48-46-44-42-40-38-36-34-25-23-21-19-17-15-13-11-9-7-2/h18,20,24,26,58H,6-17,19,21-23,25,27-57H2,1-5H3/b20-18-,26-24-.